The highest BCUT2D eigenvalue weighted by atomic mass is 35.5. The summed E-state index contributed by atoms with van der Waals surface area (Å²) in [5.41, 5.74) is 0.403. The van der Waals surface area contributed by atoms with E-state index in [1.165, 1.54) is 12.1 Å². The zero-order valence-electron chi connectivity index (χ0n) is 14.4. The first-order valence-electron chi connectivity index (χ1n) is 8.25. The third kappa shape index (κ3) is 6.04. The molecule has 2 amide bonds. The predicted octanol–water partition coefficient (Wildman–Crippen LogP) is 4.03. The molecule has 0 saturated carbocycles. The molecule has 138 valence electrons. The maximum absolute atomic E-state index is 13.6. The van der Waals surface area contributed by atoms with E-state index in [9.17, 15) is 14.0 Å². The van der Waals surface area contributed by atoms with Crippen LogP contribution in [0.1, 0.15) is 30.1 Å². The molecule has 2 rings (SSSR count). The number of benzene rings is 2. The van der Waals surface area contributed by atoms with Crippen molar-refractivity contribution in [3.63, 3.8) is 0 Å². The number of amides is 2. The van der Waals surface area contributed by atoms with Crippen molar-refractivity contribution in [1.82, 2.24) is 5.32 Å². The molecule has 0 aliphatic carbocycles. The van der Waals surface area contributed by atoms with E-state index in [4.69, 9.17) is 16.3 Å². The molecule has 0 fully saturated rings. The Morgan fingerprint density at radius 3 is 2.54 bits per heavy atom. The van der Waals surface area contributed by atoms with Gasteiger partial charge in [-0.2, -0.15) is 0 Å². The van der Waals surface area contributed by atoms with Crippen molar-refractivity contribution in [3.05, 3.63) is 58.9 Å². The Balaban J connectivity index is 1.82. The normalized spacial score (nSPS) is 10.3. The summed E-state index contributed by atoms with van der Waals surface area (Å²) in [4.78, 5) is 23.9. The molecule has 2 aromatic rings. The lowest BCUT2D eigenvalue weighted by atomic mass is 10.2. The van der Waals surface area contributed by atoms with Crippen molar-refractivity contribution in [3.8, 4) is 5.75 Å². The second kappa shape index (κ2) is 9.77. The summed E-state index contributed by atoms with van der Waals surface area (Å²) >= 11 is 5.65. The predicted molar refractivity (Wildman–Crippen MR) is 99.2 cm³/mol. The minimum absolute atomic E-state index is 0.00206. The molecule has 0 atom stereocenters. The molecule has 0 aliphatic heterocycles. The van der Waals surface area contributed by atoms with Crippen LogP contribution >= 0.6 is 11.6 Å². The van der Waals surface area contributed by atoms with E-state index in [0.29, 0.717) is 17.9 Å². The number of rotatable bonds is 8. The lowest BCUT2D eigenvalue weighted by Gasteiger charge is -2.09. The van der Waals surface area contributed by atoms with Crippen molar-refractivity contribution < 1.29 is 18.7 Å². The Labute approximate surface area is 156 Å². The zero-order chi connectivity index (χ0) is 18.9. The first kappa shape index (κ1) is 19.7. The van der Waals surface area contributed by atoms with Gasteiger partial charge >= 0.3 is 0 Å². The molecule has 0 radical (unpaired) electrons. The van der Waals surface area contributed by atoms with Crippen molar-refractivity contribution >= 4 is 29.1 Å². The summed E-state index contributed by atoms with van der Waals surface area (Å²) in [7, 11) is 0. The Morgan fingerprint density at radius 2 is 1.88 bits per heavy atom. The third-order valence-corrected chi connectivity index (χ3v) is 3.73. The molecule has 0 aliphatic rings. The molecule has 0 unspecified atom stereocenters. The molecule has 0 aromatic heterocycles. The maximum Gasteiger partial charge on any atom is 0.251 e. The van der Waals surface area contributed by atoms with Crippen LogP contribution in [0.2, 0.25) is 5.02 Å². The van der Waals surface area contributed by atoms with Crippen LogP contribution < -0.4 is 15.4 Å². The molecule has 7 heteroatoms. The molecule has 0 bridgehead atoms. The Hall–Kier alpha value is -2.60. The molecule has 0 saturated heterocycles. The van der Waals surface area contributed by atoms with Gasteiger partial charge in [-0.15, -0.1) is 0 Å². The molecule has 2 aromatic carbocycles. The monoisotopic (exact) mass is 378 g/mol. The van der Waals surface area contributed by atoms with Crippen molar-refractivity contribution in [2.24, 2.45) is 0 Å². The topological polar surface area (TPSA) is 67.4 Å². The van der Waals surface area contributed by atoms with E-state index in [-0.39, 0.29) is 17.3 Å². The van der Waals surface area contributed by atoms with Gasteiger partial charge in [-0.1, -0.05) is 24.9 Å². The second-order valence-corrected chi connectivity index (χ2v) is 6.02. The first-order valence-corrected chi connectivity index (χ1v) is 8.63. The zero-order valence-corrected chi connectivity index (χ0v) is 15.1. The summed E-state index contributed by atoms with van der Waals surface area (Å²) in [5, 5.41) is 5.09. The SMILES string of the molecule is CCCCOc1ccc(C(=O)NCC(=O)Nc2ccc(Cl)cc2F)cc1. The van der Waals surface area contributed by atoms with Gasteiger partial charge in [-0.05, 0) is 48.9 Å². The van der Waals surface area contributed by atoms with Crippen LogP contribution in [0.25, 0.3) is 0 Å². The van der Waals surface area contributed by atoms with Gasteiger partial charge in [0.2, 0.25) is 5.91 Å². The van der Waals surface area contributed by atoms with Gasteiger partial charge in [0.25, 0.3) is 5.91 Å². The van der Waals surface area contributed by atoms with Crippen LogP contribution in [0.3, 0.4) is 0 Å². The Bertz CT molecular complexity index is 766. The smallest absolute Gasteiger partial charge is 0.251 e. The second-order valence-electron chi connectivity index (χ2n) is 5.58. The number of ether oxygens (including phenoxy) is 1. The molecule has 5 nitrogen and oxygen atoms in total. The summed E-state index contributed by atoms with van der Waals surface area (Å²) in [5.74, 6) is -0.905. The number of carbonyl (C=O) groups excluding carboxylic acids is 2. The number of hydrogen-bond donors (Lipinski definition) is 2. The molecule has 2 N–H and O–H groups in total. The fourth-order valence-electron chi connectivity index (χ4n) is 2.08. The average molecular weight is 379 g/mol. The molecule has 0 heterocycles. The fourth-order valence-corrected chi connectivity index (χ4v) is 2.24. The van der Waals surface area contributed by atoms with E-state index in [1.807, 2.05) is 0 Å². The molecule has 26 heavy (non-hydrogen) atoms. The van der Waals surface area contributed by atoms with Crippen LogP contribution in [0.4, 0.5) is 10.1 Å². The fraction of sp³-hybridized carbons (Fsp3) is 0.263. The number of halogens is 2. The molecular formula is C19H20ClFN2O3. The van der Waals surface area contributed by atoms with E-state index in [1.54, 1.807) is 24.3 Å². The Kier molecular flexibility index (Phi) is 7.41. The molecule has 0 spiro atoms. The Morgan fingerprint density at radius 1 is 1.15 bits per heavy atom. The van der Waals surface area contributed by atoms with Crippen LogP contribution in [-0.2, 0) is 4.79 Å². The van der Waals surface area contributed by atoms with Crippen molar-refractivity contribution in [2.45, 2.75) is 19.8 Å². The van der Waals surface area contributed by atoms with Crippen LogP contribution in [0, 0.1) is 5.82 Å². The summed E-state index contributed by atoms with van der Waals surface area (Å²) in [6, 6.07) is 10.6. The van der Waals surface area contributed by atoms with Gasteiger partial charge < -0.3 is 15.4 Å². The quantitative estimate of drug-likeness (QED) is 0.681. The standard InChI is InChI=1S/C19H20ClFN2O3/c1-2-3-10-26-15-7-4-13(5-8-15)19(25)22-12-18(24)23-17-9-6-14(20)11-16(17)21/h4-9,11H,2-3,10,12H2,1H3,(H,22,25)(H,23,24). The van der Waals surface area contributed by atoms with Crippen LogP contribution in [0.5, 0.6) is 5.75 Å². The first-order chi connectivity index (χ1) is 12.5. The van der Waals surface area contributed by atoms with Crippen LogP contribution in [-0.4, -0.2) is 25.0 Å². The maximum atomic E-state index is 13.6. The average Bonchev–Trinajstić information content (AvgIpc) is 2.63. The van der Waals surface area contributed by atoms with Gasteiger partial charge in [0.1, 0.15) is 11.6 Å². The summed E-state index contributed by atoms with van der Waals surface area (Å²) in [6.07, 6.45) is 2.01. The summed E-state index contributed by atoms with van der Waals surface area (Å²) in [6.45, 7) is 2.42. The van der Waals surface area contributed by atoms with Crippen LogP contribution in [0.15, 0.2) is 42.5 Å². The van der Waals surface area contributed by atoms with Crippen molar-refractivity contribution in [1.29, 1.82) is 0 Å². The summed E-state index contributed by atoms with van der Waals surface area (Å²) < 4.78 is 19.1. The lowest BCUT2D eigenvalue weighted by Crippen LogP contribution is -2.33. The highest BCUT2D eigenvalue weighted by molar-refractivity contribution is 6.30. The van der Waals surface area contributed by atoms with E-state index in [2.05, 4.69) is 17.6 Å². The van der Waals surface area contributed by atoms with E-state index >= 15 is 0 Å². The van der Waals surface area contributed by atoms with Gasteiger partial charge in [0.05, 0.1) is 18.8 Å². The number of nitrogens with one attached hydrogen (secondary N) is 2. The third-order valence-electron chi connectivity index (χ3n) is 3.50. The number of carbonyl (C=O) groups is 2. The number of hydrogen-bond acceptors (Lipinski definition) is 3. The van der Waals surface area contributed by atoms with Gasteiger partial charge in [0.15, 0.2) is 0 Å². The highest BCUT2D eigenvalue weighted by Crippen LogP contribution is 2.18. The van der Waals surface area contributed by atoms with Gasteiger partial charge in [0, 0.05) is 10.6 Å². The van der Waals surface area contributed by atoms with Crippen molar-refractivity contribution in [2.75, 3.05) is 18.5 Å². The largest absolute Gasteiger partial charge is 0.494 e. The number of unbranched alkanes of at least 4 members (excludes halogenated alkanes) is 1. The minimum Gasteiger partial charge on any atom is -0.494 e. The molecular weight excluding hydrogens is 359 g/mol. The minimum atomic E-state index is -0.643. The highest BCUT2D eigenvalue weighted by Gasteiger charge is 2.10. The van der Waals surface area contributed by atoms with E-state index in [0.717, 1.165) is 18.9 Å². The van der Waals surface area contributed by atoms with Gasteiger partial charge in [-0.3, -0.25) is 9.59 Å². The lowest BCUT2D eigenvalue weighted by molar-refractivity contribution is -0.115. The number of anilines is 1. The van der Waals surface area contributed by atoms with Gasteiger partial charge in [-0.25, -0.2) is 4.39 Å². The van der Waals surface area contributed by atoms with E-state index < -0.39 is 17.6 Å².